The summed E-state index contributed by atoms with van der Waals surface area (Å²) in [7, 11) is 0. The van der Waals surface area contributed by atoms with E-state index in [1.54, 1.807) is 0 Å². The number of hydrogen-bond acceptors (Lipinski definition) is 2. The van der Waals surface area contributed by atoms with E-state index in [0.717, 1.165) is 17.5 Å². The van der Waals surface area contributed by atoms with Crippen molar-refractivity contribution in [1.82, 2.24) is 5.32 Å². The monoisotopic (exact) mass is 232 g/mol. The molecule has 0 saturated heterocycles. The maximum atomic E-state index is 11.7. The third-order valence-electron chi connectivity index (χ3n) is 2.56. The quantitative estimate of drug-likeness (QED) is 0.580. The number of nitrogens with one attached hydrogen (secondary N) is 1. The molecule has 0 bridgehead atoms. The average Bonchev–Trinajstić information content (AvgIpc) is 2.35. The summed E-state index contributed by atoms with van der Waals surface area (Å²) < 4.78 is 0. The molecule has 1 rings (SSSR count). The Morgan fingerprint density at radius 1 is 1.35 bits per heavy atom. The maximum absolute atomic E-state index is 11.7. The minimum atomic E-state index is 0.0513. The van der Waals surface area contributed by atoms with Crippen molar-refractivity contribution < 1.29 is 4.79 Å². The number of rotatable bonds is 6. The van der Waals surface area contributed by atoms with Crippen molar-refractivity contribution in [3.8, 4) is 0 Å². The van der Waals surface area contributed by atoms with Gasteiger partial charge in [-0.25, -0.2) is 0 Å². The van der Waals surface area contributed by atoms with E-state index < -0.39 is 0 Å². The van der Waals surface area contributed by atoms with Crippen molar-refractivity contribution >= 4 is 5.91 Å². The molecule has 92 valence electrons. The molecule has 1 amide bonds. The van der Waals surface area contributed by atoms with E-state index in [-0.39, 0.29) is 5.91 Å². The summed E-state index contributed by atoms with van der Waals surface area (Å²) in [5, 5.41) is 2.89. The number of amides is 1. The second kappa shape index (κ2) is 7.63. The van der Waals surface area contributed by atoms with Gasteiger partial charge in [-0.1, -0.05) is 36.4 Å². The first-order valence-corrected chi connectivity index (χ1v) is 5.92. The Bertz CT molecular complexity index is 386. The van der Waals surface area contributed by atoms with Crippen molar-refractivity contribution in [2.24, 2.45) is 5.73 Å². The highest BCUT2D eigenvalue weighted by Crippen LogP contribution is 2.08. The van der Waals surface area contributed by atoms with Gasteiger partial charge >= 0.3 is 0 Å². The van der Waals surface area contributed by atoms with Crippen LogP contribution in [0, 0.1) is 0 Å². The third kappa shape index (κ3) is 4.83. The summed E-state index contributed by atoms with van der Waals surface area (Å²) in [4.78, 5) is 11.7. The predicted octanol–water partition coefficient (Wildman–Crippen LogP) is 1.77. The fourth-order valence-corrected chi connectivity index (χ4v) is 1.63. The maximum Gasteiger partial charge on any atom is 0.224 e. The van der Waals surface area contributed by atoms with Crippen LogP contribution in [0.25, 0.3) is 0 Å². The smallest absolute Gasteiger partial charge is 0.224 e. The summed E-state index contributed by atoms with van der Waals surface area (Å²) in [6.07, 6.45) is 5.30. The predicted molar refractivity (Wildman–Crippen MR) is 70.5 cm³/mol. The molecule has 0 aliphatic rings. The lowest BCUT2D eigenvalue weighted by Crippen LogP contribution is -2.26. The number of hydrogen-bond donors (Lipinski definition) is 2. The van der Waals surface area contributed by atoms with Crippen molar-refractivity contribution in [3.05, 3.63) is 47.5 Å². The first-order valence-electron chi connectivity index (χ1n) is 5.92. The van der Waals surface area contributed by atoms with E-state index >= 15 is 0 Å². The van der Waals surface area contributed by atoms with Gasteiger partial charge < -0.3 is 11.1 Å². The molecule has 0 aliphatic heterocycles. The molecule has 3 N–H and O–H groups in total. The number of benzene rings is 1. The molecule has 0 saturated carbocycles. The van der Waals surface area contributed by atoms with Crippen LogP contribution in [0.1, 0.15) is 24.5 Å². The minimum absolute atomic E-state index is 0.0513. The van der Waals surface area contributed by atoms with Crippen LogP contribution in [0.2, 0.25) is 0 Å². The Kier molecular flexibility index (Phi) is 6.04. The first kappa shape index (κ1) is 13.5. The molecule has 17 heavy (non-hydrogen) atoms. The zero-order chi connectivity index (χ0) is 12.5. The minimum Gasteiger partial charge on any atom is -0.356 e. The van der Waals surface area contributed by atoms with Crippen LogP contribution in [-0.4, -0.2) is 12.5 Å². The molecule has 0 aliphatic carbocycles. The Balaban J connectivity index is 2.44. The van der Waals surface area contributed by atoms with Gasteiger partial charge in [-0.05, 0) is 24.5 Å². The molecule has 0 radical (unpaired) electrons. The number of carbonyl (C=O) groups excluding carboxylic acids is 1. The lowest BCUT2D eigenvalue weighted by atomic mass is 10.0. The van der Waals surface area contributed by atoms with Gasteiger partial charge in [0, 0.05) is 13.1 Å². The van der Waals surface area contributed by atoms with Gasteiger partial charge in [0.05, 0.1) is 6.42 Å². The molecule has 3 heteroatoms. The van der Waals surface area contributed by atoms with Crippen LogP contribution in [0.5, 0.6) is 0 Å². The van der Waals surface area contributed by atoms with E-state index in [0.29, 0.717) is 19.5 Å². The van der Waals surface area contributed by atoms with Gasteiger partial charge in [0.25, 0.3) is 0 Å². The fourth-order valence-electron chi connectivity index (χ4n) is 1.63. The van der Waals surface area contributed by atoms with Crippen molar-refractivity contribution in [1.29, 1.82) is 0 Å². The lowest BCUT2D eigenvalue weighted by Gasteiger charge is -2.07. The third-order valence-corrected chi connectivity index (χ3v) is 2.56. The molecule has 0 spiro atoms. The summed E-state index contributed by atoms with van der Waals surface area (Å²) >= 11 is 0. The SMILES string of the molecule is C/C=C/CCNC(=O)Cc1ccccc1CN. The van der Waals surface area contributed by atoms with Gasteiger partial charge in [-0.15, -0.1) is 0 Å². The largest absolute Gasteiger partial charge is 0.356 e. The Labute approximate surface area is 103 Å². The second-order valence-electron chi connectivity index (χ2n) is 3.86. The Hall–Kier alpha value is -1.61. The lowest BCUT2D eigenvalue weighted by molar-refractivity contribution is -0.120. The highest BCUT2D eigenvalue weighted by atomic mass is 16.1. The fraction of sp³-hybridized carbons (Fsp3) is 0.357. The van der Waals surface area contributed by atoms with Crippen LogP contribution in [0.3, 0.4) is 0 Å². The zero-order valence-electron chi connectivity index (χ0n) is 10.3. The van der Waals surface area contributed by atoms with Crippen LogP contribution < -0.4 is 11.1 Å². The molecule has 0 unspecified atom stereocenters. The van der Waals surface area contributed by atoms with E-state index in [4.69, 9.17) is 5.73 Å². The molecule has 1 aromatic rings. The number of allylic oxidation sites excluding steroid dienone is 1. The Morgan fingerprint density at radius 2 is 2.06 bits per heavy atom. The molecule has 1 aromatic carbocycles. The van der Waals surface area contributed by atoms with E-state index in [1.807, 2.05) is 43.3 Å². The molecular formula is C14H20N2O. The van der Waals surface area contributed by atoms with E-state index in [2.05, 4.69) is 5.32 Å². The summed E-state index contributed by atoms with van der Waals surface area (Å²) in [5.74, 6) is 0.0513. The zero-order valence-corrected chi connectivity index (χ0v) is 10.3. The van der Waals surface area contributed by atoms with E-state index in [9.17, 15) is 4.79 Å². The van der Waals surface area contributed by atoms with E-state index in [1.165, 1.54) is 0 Å². The van der Waals surface area contributed by atoms with Crippen molar-refractivity contribution in [2.75, 3.05) is 6.54 Å². The summed E-state index contributed by atoms with van der Waals surface area (Å²) in [6, 6.07) is 7.79. The van der Waals surface area contributed by atoms with Gasteiger partial charge in [0.15, 0.2) is 0 Å². The van der Waals surface area contributed by atoms with Crippen molar-refractivity contribution in [3.63, 3.8) is 0 Å². The van der Waals surface area contributed by atoms with Crippen molar-refractivity contribution in [2.45, 2.75) is 26.3 Å². The topological polar surface area (TPSA) is 55.1 Å². The molecule has 0 heterocycles. The molecule has 0 atom stereocenters. The van der Waals surface area contributed by atoms with Crippen LogP contribution in [0.4, 0.5) is 0 Å². The molecule has 0 fully saturated rings. The van der Waals surface area contributed by atoms with Gasteiger partial charge in [-0.3, -0.25) is 4.79 Å². The Morgan fingerprint density at radius 3 is 2.71 bits per heavy atom. The summed E-state index contributed by atoms with van der Waals surface area (Å²) in [5.41, 5.74) is 7.68. The van der Waals surface area contributed by atoms with Gasteiger partial charge in [0.1, 0.15) is 0 Å². The highest BCUT2D eigenvalue weighted by molar-refractivity contribution is 5.78. The standard InChI is InChI=1S/C14H20N2O/c1-2-3-6-9-16-14(17)10-12-7-4-5-8-13(12)11-15/h2-5,7-8H,6,9-11,15H2,1H3,(H,16,17)/b3-2+. The average molecular weight is 232 g/mol. The number of carbonyl (C=O) groups is 1. The first-order chi connectivity index (χ1) is 8.27. The molecule has 0 aromatic heterocycles. The normalized spacial score (nSPS) is 10.7. The van der Waals surface area contributed by atoms with Gasteiger partial charge in [0.2, 0.25) is 5.91 Å². The van der Waals surface area contributed by atoms with Gasteiger partial charge in [-0.2, -0.15) is 0 Å². The van der Waals surface area contributed by atoms with Crippen LogP contribution >= 0.6 is 0 Å². The van der Waals surface area contributed by atoms with Crippen LogP contribution in [-0.2, 0) is 17.8 Å². The highest BCUT2D eigenvalue weighted by Gasteiger charge is 2.05. The van der Waals surface area contributed by atoms with Crippen LogP contribution in [0.15, 0.2) is 36.4 Å². The molecule has 3 nitrogen and oxygen atoms in total. The number of nitrogens with two attached hydrogens (primary N) is 1. The second-order valence-corrected chi connectivity index (χ2v) is 3.86. The summed E-state index contributed by atoms with van der Waals surface area (Å²) in [6.45, 7) is 3.13. The molecular weight excluding hydrogens is 212 g/mol.